The Morgan fingerprint density at radius 1 is 0.893 bits per heavy atom. The molecule has 0 fully saturated rings. The van der Waals surface area contributed by atoms with Gasteiger partial charge in [-0.3, -0.25) is 9.52 Å². The van der Waals surface area contributed by atoms with Crippen molar-refractivity contribution in [2.45, 2.75) is 18.7 Å². The van der Waals surface area contributed by atoms with E-state index < -0.39 is 10.0 Å². The Hall–Kier alpha value is -2.83. The number of benzene rings is 3. The van der Waals surface area contributed by atoms with Crippen LogP contribution >= 0.6 is 11.6 Å². The van der Waals surface area contributed by atoms with Crippen molar-refractivity contribution < 1.29 is 13.2 Å². The minimum absolute atomic E-state index is 0.174. The Morgan fingerprint density at radius 3 is 2.25 bits per heavy atom. The van der Waals surface area contributed by atoms with Crippen LogP contribution in [0, 0.1) is 13.8 Å². The number of nitrogens with one attached hydrogen (secondary N) is 2. The first-order chi connectivity index (χ1) is 13.3. The SMILES string of the molecule is Cc1ccc(S(=O)(=O)Nc2ccc(NC(=O)c3ccccc3)c(Cl)c2)cc1C. The third kappa shape index (κ3) is 4.52. The lowest BCUT2D eigenvalue weighted by Crippen LogP contribution is -2.14. The van der Waals surface area contributed by atoms with Crippen LogP contribution in [0.2, 0.25) is 5.02 Å². The van der Waals surface area contributed by atoms with Crippen LogP contribution in [0.15, 0.2) is 71.6 Å². The number of rotatable bonds is 5. The summed E-state index contributed by atoms with van der Waals surface area (Å²) in [5.74, 6) is -0.300. The van der Waals surface area contributed by atoms with E-state index in [1.165, 1.54) is 6.07 Å². The molecule has 7 heteroatoms. The van der Waals surface area contributed by atoms with Gasteiger partial charge in [0.1, 0.15) is 0 Å². The van der Waals surface area contributed by atoms with Gasteiger partial charge in [-0.2, -0.15) is 0 Å². The molecule has 0 aliphatic carbocycles. The molecule has 0 bridgehead atoms. The van der Waals surface area contributed by atoms with E-state index >= 15 is 0 Å². The van der Waals surface area contributed by atoms with Crippen molar-refractivity contribution in [3.63, 3.8) is 0 Å². The average molecular weight is 415 g/mol. The molecule has 5 nitrogen and oxygen atoms in total. The summed E-state index contributed by atoms with van der Waals surface area (Å²) in [4.78, 5) is 12.4. The van der Waals surface area contributed by atoms with Gasteiger partial charge in [-0.25, -0.2) is 8.42 Å². The lowest BCUT2D eigenvalue weighted by molar-refractivity contribution is 0.102. The molecule has 0 saturated carbocycles. The highest BCUT2D eigenvalue weighted by Crippen LogP contribution is 2.27. The number of carbonyl (C=O) groups is 1. The van der Waals surface area contributed by atoms with Crippen molar-refractivity contribution in [2.75, 3.05) is 10.0 Å². The first kappa shape index (κ1) is 19.9. The van der Waals surface area contributed by atoms with Gasteiger partial charge in [-0.1, -0.05) is 35.9 Å². The number of carbonyl (C=O) groups excluding carboxylic acids is 1. The maximum Gasteiger partial charge on any atom is 0.261 e. The quantitative estimate of drug-likeness (QED) is 0.616. The predicted molar refractivity (Wildman–Crippen MR) is 113 cm³/mol. The summed E-state index contributed by atoms with van der Waals surface area (Å²) in [6, 6.07) is 18.2. The van der Waals surface area contributed by atoms with Crippen LogP contribution in [-0.4, -0.2) is 14.3 Å². The Morgan fingerprint density at radius 2 is 1.61 bits per heavy atom. The van der Waals surface area contributed by atoms with Crippen LogP contribution in [0.4, 0.5) is 11.4 Å². The maximum absolute atomic E-state index is 12.6. The van der Waals surface area contributed by atoms with Gasteiger partial charge in [0, 0.05) is 5.56 Å². The molecule has 0 aromatic heterocycles. The highest BCUT2D eigenvalue weighted by atomic mass is 35.5. The molecule has 0 aliphatic heterocycles. The summed E-state index contributed by atoms with van der Waals surface area (Å²) in [7, 11) is -3.74. The number of amides is 1. The monoisotopic (exact) mass is 414 g/mol. The van der Waals surface area contributed by atoms with Gasteiger partial charge in [-0.15, -0.1) is 0 Å². The highest BCUT2D eigenvalue weighted by Gasteiger charge is 2.16. The topological polar surface area (TPSA) is 75.3 Å². The fourth-order valence-electron chi connectivity index (χ4n) is 2.56. The second-order valence-corrected chi connectivity index (χ2v) is 8.46. The van der Waals surface area contributed by atoms with Crippen LogP contribution in [0.3, 0.4) is 0 Å². The third-order valence-corrected chi connectivity index (χ3v) is 5.99. The minimum Gasteiger partial charge on any atom is -0.321 e. The highest BCUT2D eigenvalue weighted by molar-refractivity contribution is 7.92. The van der Waals surface area contributed by atoms with E-state index in [-0.39, 0.29) is 15.8 Å². The van der Waals surface area contributed by atoms with Crippen LogP contribution in [0.1, 0.15) is 21.5 Å². The minimum atomic E-state index is -3.74. The third-order valence-electron chi connectivity index (χ3n) is 4.29. The summed E-state index contributed by atoms with van der Waals surface area (Å²) in [6.07, 6.45) is 0. The Balaban J connectivity index is 1.78. The van der Waals surface area contributed by atoms with Crippen molar-refractivity contribution in [3.05, 3.63) is 88.4 Å². The molecule has 3 rings (SSSR count). The molecule has 0 radical (unpaired) electrons. The molecule has 0 aliphatic rings. The fourth-order valence-corrected chi connectivity index (χ4v) is 3.92. The molecule has 2 N–H and O–H groups in total. The first-order valence-corrected chi connectivity index (χ1v) is 10.4. The largest absolute Gasteiger partial charge is 0.321 e. The summed E-state index contributed by atoms with van der Waals surface area (Å²) >= 11 is 6.23. The van der Waals surface area contributed by atoms with Gasteiger partial charge >= 0.3 is 0 Å². The van der Waals surface area contributed by atoms with Gasteiger partial charge in [0.05, 0.1) is 21.3 Å². The zero-order valence-electron chi connectivity index (χ0n) is 15.4. The van der Waals surface area contributed by atoms with Gasteiger partial charge in [0.15, 0.2) is 0 Å². The number of anilines is 2. The zero-order chi connectivity index (χ0) is 20.3. The normalized spacial score (nSPS) is 11.1. The molecule has 3 aromatic rings. The maximum atomic E-state index is 12.6. The van der Waals surface area contributed by atoms with Gasteiger partial charge in [0.2, 0.25) is 0 Å². The molecular formula is C21H19ClN2O3S. The molecule has 0 spiro atoms. The van der Waals surface area contributed by atoms with E-state index in [4.69, 9.17) is 11.6 Å². The Labute approximate surface area is 169 Å². The van der Waals surface area contributed by atoms with Gasteiger partial charge < -0.3 is 5.32 Å². The standard InChI is InChI=1S/C21H19ClN2O3S/c1-14-8-10-18(12-15(14)2)28(26,27)24-17-9-11-20(19(22)13-17)23-21(25)16-6-4-3-5-7-16/h3-13,24H,1-2H3,(H,23,25). The number of halogens is 1. The smallest absolute Gasteiger partial charge is 0.261 e. The summed E-state index contributed by atoms with van der Waals surface area (Å²) < 4.78 is 27.7. The van der Waals surface area contributed by atoms with Crippen molar-refractivity contribution in [1.82, 2.24) is 0 Å². The van der Waals surface area contributed by atoms with Crippen molar-refractivity contribution in [3.8, 4) is 0 Å². The van der Waals surface area contributed by atoms with Crippen molar-refractivity contribution in [1.29, 1.82) is 0 Å². The Bertz CT molecular complexity index is 1130. The van der Waals surface area contributed by atoms with Crippen LogP contribution < -0.4 is 10.0 Å². The molecular weight excluding hydrogens is 396 g/mol. The molecule has 3 aromatic carbocycles. The van der Waals surface area contributed by atoms with Gasteiger partial charge in [-0.05, 0) is 67.4 Å². The van der Waals surface area contributed by atoms with E-state index in [1.54, 1.807) is 54.6 Å². The van der Waals surface area contributed by atoms with Crippen LogP contribution in [0.25, 0.3) is 0 Å². The average Bonchev–Trinajstić information content (AvgIpc) is 2.66. The lowest BCUT2D eigenvalue weighted by Gasteiger charge is -2.12. The van der Waals surface area contributed by atoms with Gasteiger partial charge in [0.25, 0.3) is 15.9 Å². The molecule has 144 valence electrons. The molecule has 28 heavy (non-hydrogen) atoms. The molecule has 0 unspecified atom stereocenters. The predicted octanol–water partition coefficient (Wildman–Crippen LogP) is 5.01. The van der Waals surface area contributed by atoms with E-state index in [0.29, 0.717) is 16.9 Å². The second kappa shape index (κ2) is 8.04. The number of sulfonamides is 1. The number of hydrogen-bond donors (Lipinski definition) is 2. The van der Waals surface area contributed by atoms with Crippen molar-refractivity contribution in [2.24, 2.45) is 0 Å². The fraction of sp³-hybridized carbons (Fsp3) is 0.0952. The Kier molecular flexibility index (Phi) is 5.72. The van der Waals surface area contributed by atoms with Crippen LogP contribution in [0.5, 0.6) is 0 Å². The molecule has 1 amide bonds. The summed E-state index contributed by atoms with van der Waals surface area (Å²) in [5, 5.41) is 2.94. The summed E-state index contributed by atoms with van der Waals surface area (Å²) in [5.41, 5.74) is 3.10. The second-order valence-electron chi connectivity index (χ2n) is 6.37. The first-order valence-electron chi connectivity index (χ1n) is 8.52. The summed E-state index contributed by atoms with van der Waals surface area (Å²) in [6.45, 7) is 3.77. The van der Waals surface area contributed by atoms with E-state index in [1.807, 2.05) is 19.9 Å². The molecule has 0 saturated heterocycles. The number of aryl methyl sites for hydroxylation is 2. The lowest BCUT2D eigenvalue weighted by atomic mass is 10.1. The van der Waals surface area contributed by atoms with Crippen molar-refractivity contribution >= 4 is 38.9 Å². The van der Waals surface area contributed by atoms with E-state index in [0.717, 1.165) is 11.1 Å². The van der Waals surface area contributed by atoms with E-state index in [2.05, 4.69) is 10.0 Å². The zero-order valence-corrected chi connectivity index (χ0v) is 16.9. The molecule has 0 atom stereocenters. The number of hydrogen-bond acceptors (Lipinski definition) is 3. The molecule has 0 heterocycles. The van der Waals surface area contributed by atoms with Crippen LogP contribution in [-0.2, 0) is 10.0 Å². The van der Waals surface area contributed by atoms with E-state index in [9.17, 15) is 13.2 Å².